The van der Waals surface area contributed by atoms with E-state index < -0.39 is 0 Å². The van der Waals surface area contributed by atoms with Crippen molar-refractivity contribution in [3.63, 3.8) is 0 Å². The highest BCUT2D eigenvalue weighted by atomic mass is 16.1. The standard InChI is InChI=1S/C11H9N5O/c1-6-13-9-7-4-2-3-5-8(7)14-15-10(9)11(17)16(6)12/h2-5H,12H2,1H3. The number of aromatic nitrogens is 4. The number of fused-ring (bicyclic) bond motifs is 3. The minimum absolute atomic E-state index is 0.191. The fourth-order valence-electron chi connectivity index (χ4n) is 1.77. The van der Waals surface area contributed by atoms with Crippen molar-refractivity contribution in [1.29, 1.82) is 0 Å². The van der Waals surface area contributed by atoms with Crippen LogP contribution in [0.5, 0.6) is 0 Å². The van der Waals surface area contributed by atoms with Gasteiger partial charge in [0.05, 0.1) is 5.52 Å². The summed E-state index contributed by atoms with van der Waals surface area (Å²) in [4.78, 5) is 16.2. The molecule has 0 unspecified atom stereocenters. The molecule has 0 atom stereocenters. The Hall–Kier alpha value is -2.50. The van der Waals surface area contributed by atoms with E-state index in [2.05, 4.69) is 15.2 Å². The Morgan fingerprint density at radius 3 is 2.76 bits per heavy atom. The third-order valence-electron chi connectivity index (χ3n) is 2.68. The molecule has 2 aromatic heterocycles. The Bertz CT molecular complexity index is 793. The topological polar surface area (TPSA) is 86.7 Å². The van der Waals surface area contributed by atoms with Crippen molar-refractivity contribution >= 4 is 21.9 Å². The predicted molar refractivity (Wildman–Crippen MR) is 64.0 cm³/mol. The number of benzene rings is 1. The maximum Gasteiger partial charge on any atom is 0.300 e. The first-order valence-corrected chi connectivity index (χ1v) is 5.08. The van der Waals surface area contributed by atoms with Gasteiger partial charge in [0.15, 0.2) is 5.52 Å². The Balaban J connectivity index is 2.64. The summed E-state index contributed by atoms with van der Waals surface area (Å²) < 4.78 is 0.978. The zero-order chi connectivity index (χ0) is 12.0. The van der Waals surface area contributed by atoms with E-state index in [0.29, 0.717) is 16.9 Å². The quantitative estimate of drug-likeness (QED) is 0.442. The van der Waals surface area contributed by atoms with Gasteiger partial charge in [-0.3, -0.25) is 4.79 Å². The minimum atomic E-state index is -0.384. The highest BCUT2D eigenvalue weighted by molar-refractivity contribution is 6.00. The van der Waals surface area contributed by atoms with Gasteiger partial charge in [-0.1, -0.05) is 18.2 Å². The summed E-state index contributed by atoms with van der Waals surface area (Å²) in [5.41, 5.74) is 1.06. The molecule has 1 aromatic carbocycles. The first-order valence-electron chi connectivity index (χ1n) is 5.08. The van der Waals surface area contributed by atoms with Crippen LogP contribution in [0.4, 0.5) is 0 Å². The lowest BCUT2D eigenvalue weighted by Crippen LogP contribution is -2.31. The molecule has 0 aliphatic rings. The van der Waals surface area contributed by atoms with E-state index >= 15 is 0 Å². The average molecular weight is 227 g/mol. The molecule has 6 heteroatoms. The first-order chi connectivity index (χ1) is 8.18. The molecule has 84 valence electrons. The third-order valence-corrected chi connectivity index (χ3v) is 2.68. The fraction of sp³-hybridized carbons (Fsp3) is 0.0909. The molecule has 0 aliphatic heterocycles. The predicted octanol–water partition coefficient (Wildman–Crippen LogP) is 0.362. The molecule has 0 saturated carbocycles. The maximum absolute atomic E-state index is 11.9. The lowest BCUT2D eigenvalue weighted by Gasteiger charge is -2.05. The summed E-state index contributed by atoms with van der Waals surface area (Å²) in [7, 11) is 0. The molecule has 0 bridgehead atoms. The van der Waals surface area contributed by atoms with Crippen molar-refractivity contribution in [3.05, 3.63) is 40.4 Å². The molecule has 0 spiro atoms. The van der Waals surface area contributed by atoms with Gasteiger partial charge in [0.2, 0.25) is 0 Å². The summed E-state index contributed by atoms with van der Waals surface area (Å²) >= 11 is 0. The number of hydrogen-bond acceptors (Lipinski definition) is 5. The summed E-state index contributed by atoms with van der Waals surface area (Å²) in [5, 5.41) is 8.67. The Morgan fingerprint density at radius 2 is 1.94 bits per heavy atom. The van der Waals surface area contributed by atoms with Crippen LogP contribution in [-0.2, 0) is 0 Å². The third kappa shape index (κ3) is 1.27. The van der Waals surface area contributed by atoms with Crippen LogP contribution in [0, 0.1) is 6.92 Å². The van der Waals surface area contributed by atoms with Crippen LogP contribution in [0.25, 0.3) is 21.9 Å². The first kappa shape index (κ1) is 9.71. The van der Waals surface area contributed by atoms with Gasteiger partial charge in [0.25, 0.3) is 5.56 Å². The molecular weight excluding hydrogens is 218 g/mol. The zero-order valence-corrected chi connectivity index (χ0v) is 9.08. The summed E-state index contributed by atoms with van der Waals surface area (Å²) in [6.45, 7) is 1.68. The molecule has 0 aliphatic carbocycles. The molecular formula is C11H9N5O. The van der Waals surface area contributed by atoms with Gasteiger partial charge in [-0.25, -0.2) is 9.66 Å². The Labute approximate surface area is 95.7 Å². The monoisotopic (exact) mass is 227 g/mol. The smallest absolute Gasteiger partial charge is 0.300 e. The second kappa shape index (κ2) is 3.24. The molecule has 0 amide bonds. The summed E-state index contributed by atoms with van der Waals surface area (Å²) in [6.07, 6.45) is 0. The van der Waals surface area contributed by atoms with Gasteiger partial charge in [-0.05, 0) is 13.0 Å². The van der Waals surface area contributed by atoms with Gasteiger partial charge in [0, 0.05) is 5.39 Å². The molecule has 2 N–H and O–H groups in total. The van der Waals surface area contributed by atoms with Gasteiger partial charge in [0.1, 0.15) is 11.3 Å². The van der Waals surface area contributed by atoms with E-state index in [4.69, 9.17) is 5.84 Å². The lowest BCUT2D eigenvalue weighted by atomic mass is 10.2. The van der Waals surface area contributed by atoms with E-state index in [9.17, 15) is 4.79 Å². The van der Waals surface area contributed by atoms with E-state index in [1.807, 2.05) is 24.3 Å². The van der Waals surface area contributed by atoms with Crippen molar-refractivity contribution in [1.82, 2.24) is 19.9 Å². The van der Waals surface area contributed by atoms with Crippen LogP contribution >= 0.6 is 0 Å². The lowest BCUT2D eigenvalue weighted by molar-refractivity contribution is 0.844. The summed E-state index contributed by atoms with van der Waals surface area (Å²) in [6, 6.07) is 7.42. The normalized spacial score (nSPS) is 11.1. The van der Waals surface area contributed by atoms with Gasteiger partial charge in [-0.15, -0.1) is 10.2 Å². The van der Waals surface area contributed by atoms with Crippen molar-refractivity contribution in [2.75, 3.05) is 5.84 Å². The number of nitrogens with zero attached hydrogens (tertiary/aromatic N) is 4. The van der Waals surface area contributed by atoms with Crippen LogP contribution in [0.3, 0.4) is 0 Å². The molecule has 3 aromatic rings. The van der Waals surface area contributed by atoms with Crippen LogP contribution < -0.4 is 11.4 Å². The van der Waals surface area contributed by atoms with Crippen LogP contribution in [-0.4, -0.2) is 19.9 Å². The molecule has 0 saturated heterocycles. The number of aryl methyl sites for hydroxylation is 1. The van der Waals surface area contributed by atoms with Crippen LogP contribution in [0.15, 0.2) is 29.1 Å². The van der Waals surface area contributed by atoms with Crippen molar-refractivity contribution in [3.8, 4) is 0 Å². The van der Waals surface area contributed by atoms with E-state index in [1.165, 1.54) is 0 Å². The second-order valence-corrected chi connectivity index (χ2v) is 3.75. The molecule has 0 fully saturated rings. The SMILES string of the molecule is Cc1nc2c(nnc3ccccc32)c(=O)n1N. The van der Waals surface area contributed by atoms with E-state index in [-0.39, 0.29) is 11.1 Å². The molecule has 6 nitrogen and oxygen atoms in total. The van der Waals surface area contributed by atoms with Crippen molar-refractivity contribution in [2.24, 2.45) is 0 Å². The molecule has 2 heterocycles. The highest BCUT2D eigenvalue weighted by Gasteiger charge is 2.10. The number of hydrogen-bond donors (Lipinski definition) is 1. The minimum Gasteiger partial charge on any atom is -0.335 e. The van der Waals surface area contributed by atoms with Gasteiger partial charge >= 0.3 is 0 Å². The van der Waals surface area contributed by atoms with Crippen molar-refractivity contribution in [2.45, 2.75) is 6.92 Å². The summed E-state index contributed by atoms with van der Waals surface area (Å²) in [5.74, 6) is 6.01. The Kier molecular flexibility index (Phi) is 1.85. The van der Waals surface area contributed by atoms with Crippen LogP contribution in [0.2, 0.25) is 0 Å². The Morgan fingerprint density at radius 1 is 1.18 bits per heavy atom. The zero-order valence-electron chi connectivity index (χ0n) is 9.08. The largest absolute Gasteiger partial charge is 0.335 e. The van der Waals surface area contributed by atoms with Gasteiger partial charge in [-0.2, -0.15) is 0 Å². The molecule has 3 rings (SSSR count). The number of nitrogen functional groups attached to an aromatic ring is 1. The van der Waals surface area contributed by atoms with Crippen molar-refractivity contribution < 1.29 is 0 Å². The van der Waals surface area contributed by atoms with Crippen LogP contribution in [0.1, 0.15) is 5.82 Å². The molecule has 17 heavy (non-hydrogen) atoms. The fourth-order valence-corrected chi connectivity index (χ4v) is 1.77. The van der Waals surface area contributed by atoms with E-state index in [1.54, 1.807) is 6.92 Å². The van der Waals surface area contributed by atoms with Gasteiger partial charge < -0.3 is 5.84 Å². The number of nitrogens with two attached hydrogens (primary N) is 1. The second-order valence-electron chi connectivity index (χ2n) is 3.75. The maximum atomic E-state index is 11.9. The average Bonchev–Trinajstić information content (AvgIpc) is 2.36. The number of rotatable bonds is 0. The highest BCUT2D eigenvalue weighted by Crippen LogP contribution is 2.17. The van der Waals surface area contributed by atoms with E-state index in [0.717, 1.165) is 10.1 Å². The molecule has 0 radical (unpaired) electrons.